The van der Waals surface area contributed by atoms with Crippen LogP contribution in [-0.2, 0) is 6.42 Å². The molecule has 3 rings (SSSR count). The molecule has 2 nitrogen and oxygen atoms in total. The monoisotopic (exact) mass is 285 g/mol. The van der Waals surface area contributed by atoms with Crippen molar-refractivity contribution in [2.75, 3.05) is 0 Å². The van der Waals surface area contributed by atoms with Gasteiger partial charge in [-0.05, 0) is 29.3 Å². The molecule has 0 amide bonds. The number of fused-ring (bicyclic) bond motifs is 1. The number of benzene rings is 2. The van der Waals surface area contributed by atoms with Gasteiger partial charge in [0.1, 0.15) is 11.6 Å². The fourth-order valence-electron chi connectivity index (χ4n) is 2.42. The second-order valence-electron chi connectivity index (χ2n) is 4.87. The maximum absolute atomic E-state index is 13.7. The van der Waals surface area contributed by atoms with Crippen LogP contribution in [0.5, 0.6) is 0 Å². The summed E-state index contributed by atoms with van der Waals surface area (Å²) in [6.07, 6.45) is 0.885. The summed E-state index contributed by atoms with van der Waals surface area (Å²) in [4.78, 5) is 4.23. The highest BCUT2D eigenvalue weighted by atomic mass is 19.1. The molecule has 0 aliphatic carbocycles. The van der Waals surface area contributed by atoms with E-state index in [9.17, 15) is 13.9 Å². The molecule has 1 atom stereocenters. The number of aromatic nitrogens is 1. The van der Waals surface area contributed by atoms with Gasteiger partial charge in [0.05, 0.1) is 11.6 Å². The molecule has 0 saturated carbocycles. The lowest BCUT2D eigenvalue weighted by molar-refractivity contribution is 0.178. The van der Waals surface area contributed by atoms with E-state index in [0.717, 1.165) is 17.0 Å². The molecule has 0 spiro atoms. The van der Waals surface area contributed by atoms with E-state index < -0.39 is 17.7 Å². The third kappa shape index (κ3) is 2.76. The highest BCUT2D eigenvalue weighted by Gasteiger charge is 2.14. The lowest BCUT2D eigenvalue weighted by atomic mass is 9.97. The first kappa shape index (κ1) is 13.6. The van der Waals surface area contributed by atoms with Gasteiger partial charge in [0.15, 0.2) is 0 Å². The molecule has 0 aliphatic rings. The zero-order valence-electron chi connectivity index (χ0n) is 11.1. The van der Waals surface area contributed by atoms with Crippen molar-refractivity contribution in [2.24, 2.45) is 0 Å². The summed E-state index contributed by atoms with van der Waals surface area (Å²) < 4.78 is 26.6. The number of pyridine rings is 1. The van der Waals surface area contributed by atoms with Crippen molar-refractivity contribution < 1.29 is 13.9 Å². The molecule has 0 bridgehead atoms. The van der Waals surface area contributed by atoms with Crippen molar-refractivity contribution in [3.8, 4) is 0 Å². The summed E-state index contributed by atoms with van der Waals surface area (Å²) in [6.45, 7) is 0. The summed E-state index contributed by atoms with van der Waals surface area (Å²) in [5.74, 6) is -1.27. The van der Waals surface area contributed by atoms with Gasteiger partial charge in [-0.2, -0.15) is 0 Å². The van der Waals surface area contributed by atoms with E-state index >= 15 is 0 Å². The van der Waals surface area contributed by atoms with Gasteiger partial charge in [-0.1, -0.05) is 24.3 Å². The van der Waals surface area contributed by atoms with Crippen molar-refractivity contribution in [1.82, 2.24) is 4.98 Å². The summed E-state index contributed by atoms with van der Waals surface area (Å²) in [5, 5.41) is 11.2. The Morgan fingerprint density at radius 2 is 1.90 bits per heavy atom. The number of hydrogen-bond donors (Lipinski definition) is 1. The highest BCUT2D eigenvalue weighted by Crippen LogP contribution is 2.26. The van der Waals surface area contributed by atoms with Crippen LogP contribution in [0, 0.1) is 11.6 Å². The number of aliphatic hydroxyl groups is 1. The Labute approximate surface area is 120 Å². The molecule has 1 N–H and O–H groups in total. The minimum atomic E-state index is -0.877. The van der Waals surface area contributed by atoms with Crippen LogP contribution < -0.4 is 0 Å². The molecule has 1 unspecified atom stereocenters. The molecule has 0 saturated heterocycles. The van der Waals surface area contributed by atoms with Crippen molar-refractivity contribution in [3.05, 3.63) is 77.5 Å². The van der Waals surface area contributed by atoms with E-state index in [1.54, 1.807) is 24.4 Å². The number of halogens is 2. The Bertz CT molecular complexity index is 783. The normalized spacial score (nSPS) is 12.5. The van der Waals surface area contributed by atoms with Gasteiger partial charge in [-0.25, -0.2) is 8.78 Å². The average Bonchev–Trinajstić information content (AvgIpc) is 2.49. The molecular weight excluding hydrogens is 272 g/mol. The van der Waals surface area contributed by atoms with E-state index in [1.165, 1.54) is 12.1 Å². The van der Waals surface area contributed by atoms with Crippen molar-refractivity contribution in [1.29, 1.82) is 0 Å². The van der Waals surface area contributed by atoms with Crippen LogP contribution in [0.4, 0.5) is 8.78 Å². The van der Waals surface area contributed by atoms with Crippen molar-refractivity contribution in [2.45, 2.75) is 12.5 Å². The standard InChI is InChI=1S/C17H13F2NO/c18-12-7-6-11(15(19)10-12)9-17(21)14-3-1-5-16-13(14)4-2-8-20-16/h1-8,10,17,21H,9H2. The predicted molar refractivity (Wildman–Crippen MR) is 76.8 cm³/mol. The Morgan fingerprint density at radius 1 is 1.05 bits per heavy atom. The molecule has 2 aromatic carbocycles. The van der Waals surface area contributed by atoms with Crippen LogP contribution in [0.1, 0.15) is 17.2 Å². The van der Waals surface area contributed by atoms with Gasteiger partial charge in [0.2, 0.25) is 0 Å². The lowest BCUT2D eigenvalue weighted by Gasteiger charge is -2.14. The number of rotatable bonds is 3. The smallest absolute Gasteiger partial charge is 0.129 e. The Hall–Kier alpha value is -2.33. The molecule has 4 heteroatoms. The van der Waals surface area contributed by atoms with E-state index in [4.69, 9.17) is 0 Å². The summed E-state index contributed by atoms with van der Waals surface area (Å²) in [7, 11) is 0. The van der Waals surface area contributed by atoms with Crippen LogP contribution >= 0.6 is 0 Å². The minimum absolute atomic E-state index is 0.0835. The molecule has 0 fully saturated rings. The molecule has 0 aliphatic heterocycles. The van der Waals surface area contributed by atoms with Gasteiger partial charge in [-0.3, -0.25) is 4.98 Å². The Morgan fingerprint density at radius 3 is 2.71 bits per heavy atom. The van der Waals surface area contributed by atoms with Gasteiger partial charge < -0.3 is 5.11 Å². The van der Waals surface area contributed by atoms with E-state index in [2.05, 4.69) is 4.98 Å². The fraction of sp³-hybridized carbons (Fsp3) is 0.118. The molecule has 3 aromatic rings. The molecule has 1 heterocycles. The zero-order chi connectivity index (χ0) is 14.8. The van der Waals surface area contributed by atoms with Crippen molar-refractivity contribution in [3.63, 3.8) is 0 Å². The number of nitrogens with zero attached hydrogens (tertiary/aromatic N) is 1. The topological polar surface area (TPSA) is 33.1 Å². The van der Waals surface area contributed by atoms with E-state index in [1.807, 2.05) is 12.1 Å². The predicted octanol–water partition coefficient (Wildman–Crippen LogP) is 3.79. The first-order chi connectivity index (χ1) is 10.1. The lowest BCUT2D eigenvalue weighted by Crippen LogP contribution is -2.04. The third-order valence-corrected chi connectivity index (χ3v) is 3.47. The number of aliphatic hydroxyl groups excluding tert-OH is 1. The quantitative estimate of drug-likeness (QED) is 0.794. The first-order valence-electron chi connectivity index (χ1n) is 6.61. The van der Waals surface area contributed by atoms with Crippen LogP contribution in [0.25, 0.3) is 10.9 Å². The van der Waals surface area contributed by atoms with Gasteiger partial charge in [-0.15, -0.1) is 0 Å². The fourth-order valence-corrected chi connectivity index (χ4v) is 2.42. The molecule has 106 valence electrons. The second kappa shape index (κ2) is 5.58. The van der Waals surface area contributed by atoms with Gasteiger partial charge in [0.25, 0.3) is 0 Å². The van der Waals surface area contributed by atoms with Crippen LogP contribution in [0.2, 0.25) is 0 Å². The van der Waals surface area contributed by atoms with Gasteiger partial charge in [0, 0.05) is 24.1 Å². The van der Waals surface area contributed by atoms with E-state index in [-0.39, 0.29) is 12.0 Å². The van der Waals surface area contributed by atoms with Crippen LogP contribution in [0.3, 0.4) is 0 Å². The molecule has 0 radical (unpaired) electrons. The average molecular weight is 285 g/mol. The summed E-state index contributed by atoms with van der Waals surface area (Å²) in [5.41, 5.74) is 1.74. The van der Waals surface area contributed by atoms with Crippen molar-refractivity contribution >= 4 is 10.9 Å². The number of hydrogen-bond acceptors (Lipinski definition) is 2. The Balaban J connectivity index is 1.95. The third-order valence-electron chi connectivity index (χ3n) is 3.47. The molecule has 1 aromatic heterocycles. The van der Waals surface area contributed by atoms with Crippen LogP contribution in [0.15, 0.2) is 54.7 Å². The first-order valence-corrected chi connectivity index (χ1v) is 6.61. The SMILES string of the molecule is OC(Cc1ccc(F)cc1F)c1cccc2ncccc12. The molecular formula is C17H13F2NO. The second-order valence-corrected chi connectivity index (χ2v) is 4.87. The van der Waals surface area contributed by atoms with Gasteiger partial charge >= 0.3 is 0 Å². The van der Waals surface area contributed by atoms with E-state index in [0.29, 0.717) is 5.56 Å². The largest absolute Gasteiger partial charge is 0.388 e. The summed E-state index contributed by atoms with van der Waals surface area (Å²) >= 11 is 0. The maximum atomic E-state index is 13.7. The minimum Gasteiger partial charge on any atom is -0.388 e. The highest BCUT2D eigenvalue weighted by molar-refractivity contribution is 5.82. The zero-order valence-corrected chi connectivity index (χ0v) is 11.1. The molecule has 21 heavy (non-hydrogen) atoms. The Kier molecular flexibility index (Phi) is 3.62. The van der Waals surface area contributed by atoms with Crippen LogP contribution in [-0.4, -0.2) is 10.1 Å². The maximum Gasteiger partial charge on any atom is 0.129 e. The summed E-state index contributed by atoms with van der Waals surface area (Å²) in [6, 6.07) is 12.5.